The van der Waals surface area contributed by atoms with Crippen molar-refractivity contribution in [2.24, 2.45) is 0 Å². The van der Waals surface area contributed by atoms with Gasteiger partial charge in [0, 0.05) is 7.11 Å². The van der Waals surface area contributed by atoms with E-state index in [1.165, 1.54) is 19.2 Å². The van der Waals surface area contributed by atoms with Gasteiger partial charge in [0.05, 0.1) is 24.4 Å². The Balaban J connectivity index is 2.69. The topological polar surface area (TPSA) is 70.6 Å². The third-order valence-electron chi connectivity index (χ3n) is 2.40. The molecular formula is C12H15F3N2O3. The smallest absolute Gasteiger partial charge is 0.377 e. The van der Waals surface area contributed by atoms with Crippen molar-refractivity contribution in [3.05, 3.63) is 35.4 Å². The van der Waals surface area contributed by atoms with Gasteiger partial charge in [0.2, 0.25) is 0 Å². The summed E-state index contributed by atoms with van der Waals surface area (Å²) in [5, 5.41) is 14.1. The monoisotopic (exact) mass is 292 g/mol. The summed E-state index contributed by atoms with van der Waals surface area (Å²) in [4.78, 5) is 11.7. The van der Waals surface area contributed by atoms with Crippen molar-refractivity contribution in [3.8, 4) is 0 Å². The molecule has 1 aromatic carbocycles. The van der Waals surface area contributed by atoms with Gasteiger partial charge in [-0.3, -0.25) is 10.1 Å². The number of nitrogens with one attached hydrogen (secondary N) is 2. The molecule has 0 aromatic heterocycles. The van der Waals surface area contributed by atoms with Crippen LogP contribution in [0.15, 0.2) is 24.3 Å². The van der Waals surface area contributed by atoms with E-state index >= 15 is 0 Å². The van der Waals surface area contributed by atoms with E-state index in [1.54, 1.807) is 0 Å². The number of benzene rings is 1. The highest BCUT2D eigenvalue weighted by molar-refractivity contribution is 5.95. The number of ether oxygens (including phenoxy) is 1. The first-order valence-electron chi connectivity index (χ1n) is 5.71. The zero-order valence-corrected chi connectivity index (χ0v) is 10.7. The Morgan fingerprint density at radius 2 is 2.05 bits per heavy atom. The number of carbonyl (C=O) groups is 1. The number of methoxy groups -OCH3 is 1. The standard InChI is InChI=1S/C12H15F3N2O3/c1-20-7-17-10(18)6-16-11(19)8-4-2-3-5-9(8)12(13,14)15/h2-5,10,17-18H,6-7H2,1H3,(H,16,19). The number of alkyl halides is 3. The first kappa shape index (κ1) is 16.4. The van der Waals surface area contributed by atoms with Crippen LogP contribution in [-0.2, 0) is 10.9 Å². The molecule has 3 N–H and O–H groups in total. The summed E-state index contributed by atoms with van der Waals surface area (Å²) < 4.78 is 42.8. The van der Waals surface area contributed by atoms with Gasteiger partial charge in [0.15, 0.2) is 0 Å². The number of amides is 1. The van der Waals surface area contributed by atoms with Crippen molar-refractivity contribution in [1.29, 1.82) is 0 Å². The predicted octanol–water partition coefficient (Wildman–Crippen LogP) is 0.947. The molecule has 1 aromatic rings. The highest BCUT2D eigenvalue weighted by Gasteiger charge is 2.34. The average molecular weight is 292 g/mol. The Morgan fingerprint density at radius 1 is 1.40 bits per heavy atom. The van der Waals surface area contributed by atoms with Gasteiger partial charge in [0.1, 0.15) is 6.23 Å². The molecule has 1 amide bonds. The SMILES string of the molecule is COCNC(O)CNC(=O)c1ccccc1C(F)(F)F. The van der Waals surface area contributed by atoms with Crippen molar-refractivity contribution < 1.29 is 27.8 Å². The van der Waals surface area contributed by atoms with Gasteiger partial charge < -0.3 is 15.2 Å². The Kier molecular flexibility index (Phi) is 5.93. The van der Waals surface area contributed by atoms with Crippen LogP contribution in [-0.4, -0.2) is 37.6 Å². The first-order valence-corrected chi connectivity index (χ1v) is 5.71. The van der Waals surface area contributed by atoms with Crippen molar-refractivity contribution >= 4 is 5.91 Å². The fourth-order valence-electron chi connectivity index (χ4n) is 1.46. The normalized spacial score (nSPS) is 13.1. The molecule has 8 heteroatoms. The highest BCUT2D eigenvalue weighted by atomic mass is 19.4. The predicted molar refractivity (Wildman–Crippen MR) is 64.8 cm³/mol. The van der Waals surface area contributed by atoms with E-state index in [4.69, 9.17) is 0 Å². The Labute approximate surface area is 113 Å². The first-order chi connectivity index (χ1) is 9.36. The number of rotatable bonds is 6. The average Bonchev–Trinajstić information content (AvgIpc) is 2.41. The van der Waals surface area contributed by atoms with Gasteiger partial charge in [-0.25, -0.2) is 0 Å². The zero-order valence-electron chi connectivity index (χ0n) is 10.7. The molecule has 0 fully saturated rings. The molecule has 1 unspecified atom stereocenters. The summed E-state index contributed by atoms with van der Waals surface area (Å²) in [6.07, 6.45) is -5.72. The summed E-state index contributed by atoms with van der Waals surface area (Å²) in [6, 6.07) is 4.44. The highest BCUT2D eigenvalue weighted by Crippen LogP contribution is 2.31. The fourth-order valence-corrected chi connectivity index (χ4v) is 1.46. The molecule has 0 aliphatic carbocycles. The van der Waals surface area contributed by atoms with Crippen molar-refractivity contribution in [3.63, 3.8) is 0 Å². The molecule has 0 saturated heterocycles. The second kappa shape index (κ2) is 7.22. The zero-order chi connectivity index (χ0) is 15.2. The van der Waals surface area contributed by atoms with E-state index in [-0.39, 0.29) is 13.3 Å². The van der Waals surface area contributed by atoms with Gasteiger partial charge in [0.25, 0.3) is 5.91 Å². The Bertz CT molecular complexity index is 452. The van der Waals surface area contributed by atoms with E-state index in [2.05, 4.69) is 15.4 Å². The second-order valence-electron chi connectivity index (χ2n) is 3.91. The molecule has 1 rings (SSSR count). The minimum Gasteiger partial charge on any atom is -0.377 e. The number of halogens is 3. The lowest BCUT2D eigenvalue weighted by Gasteiger charge is -2.15. The lowest BCUT2D eigenvalue weighted by atomic mass is 10.1. The largest absolute Gasteiger partial charge is 0.417 e. The van der Waals surface area contributed by atoms with Crippen molar-refractivity contribution in [1.82, 2.24) is 10.6 Å². The lowest BCUT2D eigenvalue weighted by Crippen LogP contribution is -2.41. The van der Waals surface area contributed by atoms with Gasteiger partial charge in [-0.1, -0.05) is 12.1 Å². The van der Waals surface area contributed by atoms with Crippen LogP contribution in [0.25, 0.3) is 0 Å². The summed E-state index contributed by atoms with van der Waals surface area (Å²) in [7, 11) is 1.40. The van der Waals surface area contributed by atoms with Crippen LogP contribution in [0.2, 0.25) is 0 Å². The molecule has 20 heavy (non-hydrogen) atoms. The van der Waals surface area contributed by atoms with Crippen LogP contribution in [0.4, 0.5) is 13.2 Å². The van der Waals surface area contributed by atoms with E-state index in [9.17, 15) is 23.1 Å². The van der Waals surface area contributed by atoms with Crippen LogP contribution < -0.4 is 10.6 Å². The maximum Gasteiger partial charge on any atom is 0.417 e. The van der Waals surface area contributed by atoms with E-state index in [0.29, 0.717) is 0 Å². The third kappa shape index (κ3) is 4.80. The van der Waals surface area contributed by atoms with Crippen LogP contribution in [0.3, 0.4) is 0 Å². The van der Waals surface area contributed by atoms with Crippen LogP contribution in [0.1, 0.15) is 15.9 Å². The minimum absolute atomic E-state index is 0.0518. The molecule has 0 spiro atoms. The second-order valence-corrected chi connectivity index (χ2v) is 3.91. The van der Waals surface area contributed by atoms with Crippen molar-refractivity contribution in [2.45, 2.75) is 12.4 Å². The lowest BCUT2D eigenvalue weighted by molar-refractivity contribution is -0.137. The van der Waals surface area contributed by atoms with Gasteiger partial charge in [-0.2, -0.15) is 13.2 Å². The Hall–Kier alpha value is -1.64. The molecule has 0 radical (unpaired) electrons. The molecule has 5 nitrogen and oxygen atoms in total. The number of aliphatic hydroxyl groups excluding tert-OH is 1. The van der Waals surface area contributed by atoms with Gasteiger partial charge in [-0.15, -0.1) is 0 Å². The van der Waals surface area contributed by atoms with Crippen LogP contribution >= 0.6 is 0 Å². The fraction of sp³-hybridized carbons (Fsp3) is 0.417. The summed E-state index contributed by atoms with van der Waals surface area (Å²) in [6.45, 7) is -0.190. The van der Waals surface area contributed by atoms with E-state index in [0.717, 1.165) is 12.1 Å². The number of hydrogen-bond acceptors (Lipinski definition) is 4. The summed E-state index contributed by atoms with van der Waals surface area (Å²) >= 11 is 0. The van der Waals surface area contributed by atoms with Crippen LogP contribution in [0, 0.1) is 0 Å². The van der Waals surface area contributed by atoms with Gasteiger partial charge >= 0.3 is 6.18 Å². The van der Waals surface area contributed by atoms with E-state index in [1.807, 2.05) is 0 Å². The number of aliphatic hydroxyl groups is 1. The van der Waals surface area contributed by atoms with Crippen molar-refractivity contribution in [2.75, 3.05) is 20.4 Å². The molecule has 0 bridgehead atoms. The maximum atomic E-state index is 12.7. The molecule has 0 saturated carbocycles. The summed E-state index contributed by atoms with van der Waals surface area (Å²) in [5.74, 6) is -0.906. The number of carbonyl (C=O) groups excluding carboxylic acids is 1. The maximum absolute atomic E-state index is 12.7. The van der Waals surface area contributed by atoms with Gasteiger partial charge in [-0.05, 0) is 12.1 Å². The molecule has 1 atom stereocenters. The van der Waals surface area contributed by atoms with Crippen LogP contribution in [0.5, 0.6) is 0 Å². The van der Waals surface area contributed by atoms with E-state index < -0.39 is 29.4 Å². The number of hydrogen-bond donors (Lipinski definition) is 3. The quantitative estimate of drug-likeness (QED) is 0.683. The molecule has 0 heterocycles. The molecule has 112 valence electrons. The third-order valence-corrected chi connectivity index (χ3v) is 2.40. The molecular weight excluding hydrogens is 277 g/mol. The molecule has 0 aliphatic rings. The minimum atomic E-state index is -4.61. The Morgan fingerprint density at radius 3 is 2.65 bits per heavy atom. The summed E-state index contributed by atoms with van der Waals surface area (Å²) in [5.41, 5.74) is -1.50. The molecule has 0 aliphatic heterocycles.